The SMILES string of the molecule is Cc1cnc(Cn2ccc3ccccc32)c(C)c1[N+](=O)[O-]. The Bertz CT molecular complexity index is 837. The van der Waals surface area contributed by atoms with Crippen LogP contribution in [0.25, 0.3) is 10.9 Å². The molecule has 0 atom stereocenters. The van der Waals surface area contributed by atoms with E-state index in [1.807, 2.05) is 36.5 Å². The summed E-state index contributed by atoms with van der Waals surface area (Å²) in [5.74, 6) is 0. The maximum atomic E-state index is 11.2. The van der Waals surface area contributed by atoms with Crippen molar-refractivity contribution in [3.8, 4) is 0 Å². The lowest BCUT2D eigenvalue weighted by atomic mass is 10.1. The van der Waals surface area contributed by atoms with E-state index in [1.54, 1.807) is 20.0 Å². The van der Waals surface area contributed by atoms with E-state index in [2.05, 4.69) is 9.55 Å². The summed E-state index contributed by atoms with van der Waals surface area (Å²) in [6, 6.07) is 10.1. The second-order valence-electron chi connectivity index (χ2n) is 5.12. The summed E-state index contributed by atoms with van der Waals surface area (Å²) in [5, 5.41) is 12.3. The Morgan fingerprint density at radius 1 is 1.24 bits per heavy atom. The molecule has 0 saturated carbocycles. The molecule has 0 N–H and O–H groups in total. The first-order valence-electron chi connectivity index (χ1n) is 6.71. The van der Waals surface area contributed by atoms with Gasteiger partial charge in [0.05, 0.1) is 22.7 Å². The van der Waals surface area contributed by atoms with Gasteiger partial charge >= 0.3 is 0 Å². The van der Waals surface area contributed by atoms with Gasteiger partial charge in [0.15, 0.2) is 0 Å². The van der Waals surface area contributed by atoms with E-state index in [0.717, 1.165) is 16.6 Å². The van der Waals surface area contributed by atoms with Crippen molar-refractivity contribution in [3.63, 3.8) is 0 Å². The molecule has 106 valence electrons. The molecule has 0 spiro atoms. The first kappa shape index (κ1) is 13.3. The smallest absolute Gasteiger partial charge is 0.278 e. The Morgan fingerprint density at radius 3 is 2.76 bits per heavy atom. The molecule has 0 saturated heterocycles. The van der Waals surface area contributed by atoms with Crippen molar-refractivity contribution < 1.29 is 4.92 Å². The van der Waals surface area contributed by atoms with Crippen molar-refractivity contribution in [3.05, 3.63) is 69.7 Å². The molecule has 0 radical (unpaired) electrons. The van der Waals surface area contributed by atoms with Crippen LogP contribution in [0.3, 0.4) is 0 Å². The monoisotopic (exact) mass is 281 g/mol. The zero-order valence-electron chi connectivity index (χ0n) is 11.9. The minimum Gasteiger partial charge on any atom is -0.341 e. The molecule has 0 bridgehead atoms. The third kappa shape index (κ3) is 2.27. The molecule has 3 aromatic rings. The van der Waals surface area contributed by atoms with Crippen LogP contribution in [-0.2, 0) is 6.54 Å². The Hall–Kier alpha value is -2.69. The zero-order valence-corrected chi connectivity index (χ0v) is 11.9. The topological polar surface area (TPSA) is 61.0 Å². The third-order valence-corrected chi connectivity index (χ3v) is 3.76. The first-order chi connectivity index (χ1) is 10.1. The minimum atomic E-state index is -0.330. The normalized spacial score (nSPS) is 11.0. The average Bonchev–Trinajstić information content (AvgIpc) is 2.85. The Balaban J connectivity index is 2.06. The summed E-state index contributed by atoms with van der Waals surface area (Å²) in [6.07, 6.45) is 3.56. The molecular formula is C16H15N3O2. The van der Waals surface area contributed by atoms with Gasteiger partial charge in [-0.25, -0.2) is 0 Å². The van der Waals surface area contributed by atoms with E-state index < -0.39 is 0 Å². The summed E-state index contributed by atoms with van der Waals surface area (Å²) in [7, 11) is 0. The molecule has 2 heterocycles. The summed E-state index contributed by atoms with van der Waals surface area (Å²) in [4.78, 5) is 15.2. The second-order valence-corrected chi connectivity index (χ2v) is 5.12. The number of hydrogen-bond acceptors (Lipinski definition) is 3. The Kier molecular flexibility index (Phi) is 3.17. The fraction of sp³-hybridized carbons (Fsp3) is 0.188. The molecule has 1 aromatic carbocycles. The number of nitro groups is 1. The molecule has 0 fully saturated rings. The number of aromatic nitrogens is 2. The maximum Gasteiger partial charge on any atom is 0.278 e. The number of nitrogens with zero attached hydrogens (tertiary/aromatic N) is 3. The van der Waals surface area contributed by atoms with Crippen LogP contribution in [0.1, 0.15) is 16.8 Å². The lowest BCUT2D eigenvalue weighted by molar-refractivity contribution is -0.386. The van der Waals surface area contributed by atoms with E-state index >= 15 is 0 Å². The predicted octanol–water partition coefficient (Wildman–Crippen LogP) is 3.61. The van der Waals surface area contributed by atoms with Crippen LogP contribution in [0, 0.1) is 24.0 Å². The van der Waals surface area contributed by atoms with E-state index in [0.29, 0.717) is 17.7 Å². The highest BCUT2D eigenvalue weighted by atomic mass is 16.6. The van der Waals surface area contributed by atoms with Gasteiger partial charge in [0, 0.05) is 23.5 Å². The molecule has 0 aliphatic carbocycles. The van der Waals surface area contributed by atoms with Gasteiger partial charge in [0.25, 0.3) is 5.69 Å². The first-order valence-corrected chi connectivity index (χ1v) is 6.71. The van der Waals surface area contributed by atoms with Crippen LogP contribution in [-0.4, -0.2) is 14.5 Å². The molecule has 5 heteroatoms. The molecular weight excluding hydrogens is 266 g/mol. The molecule has 0 unspecified atom stereocenters. The highest BCUT2D eigenvalue weighted by Crippen LogP contribution is 2.25. The average molecular weight is 281 g/mol. The number of aryl methyl sites for hydroxylation is 1. The van der Waals surface area contributed by atoms with Crippen molar-refractivity contribution in [1.29, 1.82) is 0 Å². The molecule has 3 rings (SSSR count). The van der Waals surface area contributed by atoms with E-state index in [4.69, 9.17) is 0 Å². The van der Waals surface area contributed by atoms with Crippen LogP contribution >= 0.6 is 0 Å². The molecule has 21 heavy (non-hydrogen) atoms. The van der Waals surface area contributed by atoms with Crippen LogP contribution in [0.15, 0.2) is 42.7 Å². The molecule has 0 aliphatic rings. The maximum absolute atomic E-state index is 11.2. The number of pyridine rings is 1. The number of hydrogen-bond donors (Lipinski definition) is 0. The highest BCUT2D eigenvalue weighted by Gasteiger charge is 2.18. The van der Waals surface area contributed by atoms with Crippen molar-refractivity contribution in [2.45, 2.75) is 20.4 Å². The second kappa shape index (κ2) is 5.01. The van der Waals surface area contributed by atoms with Gasteiger partial charge in [0.1, 0.15) is 0 Å². The van der Waals surface area contributed by atoms with Crippen molar-refractivity contribution >= 4 is 16.6 Å². The van der Waals surface area contributed by atoms with E-state index in [1.165, 1.54) is 0 Å². The quantitative estimate of drug-likeness (QED) is 0.544. The van der Waals surface area contributed by atoms with Crippen LogP contribution in [0.5, 0.6) is 0 Å². The molecule has 0 amide bonds. The van der Waals surface area contributed by atoms with Gasteiger partial charge in [-0.1, -0.05) is 18.2 Å². The van der Waals surface area contributed by atoms with E-state index in [9.17, 15) is 10.1 Å². The van der Waals surface area contributed by atoms with Gasteiger partial charge < -0.3 is 4.57 Å². The number of para-hydroxylation sites is 1. The zero-order chi connectivity index (χ0) is 15.0. The van der Waals surface area contributed by atoms with Gasteiger partial charge in [-0.3, -0.25) is 15.1 Å². The number of rotatable bonds is 3. The lowest BCUT2D eigenvalue weighted by Crippen LogP contribution is -2.06. The fourth-order valence-corrected chi connectivity index (χ4v) is 2.65. The van der Waals surface area contributed by atoms with Crippen LogP contribution in [0.2, 0.25) is 0 Å². The van der Waals surface area contributed by atoms with Crippen molar-refractivity contribution in [2.75, 3.05) is 0 Å². The van der Waals surface area contributed by atoms with Crippen LogP contribution < -0.4 is 0 Å². The summed E-state index contributed by atoms with van der Waals surface area (Å²) < 4.78 is 2.06. The van der Waals surface area contributed by atoms with Gasteiger partial charge in [-0.05, 0) is 31.4 Å². The largest absolute Gasteiger partial charge is 0.341 e. The number of benzene rings is 1. The van der Waals surface area contributed by atoms with E-state index in [-0.39, 0.29) is 10.6 Å². The Morgan fingerprint density at radius 2 is 2.00 bits per heavy atom. The van der Waals surface area contributed by atoms with Gasteiger partial charge in [-0.2, -0.15) is 0 Å². The standard InChI is InChI=1S/C16H15N3O2/c1-11-9-17-14(12(2)16(11)19(20)21)10-18-8-7-13-5-3-4-6-15(13)18/h3-9H,10H2,1-2H3. The Labute approximate surface area is 122 Å². The summed E-state index contributed by atoms with van der Waals surface area (Å²) in [6.45, 7) is 4.01. The fourth-order valence-electron chi connectivity index (χ4n) is 2.65. The lowest BCUT2D eigenvalue weighted by Gasteiger charge is -2.09. The third-order valence-electron chi connectivity index (χ3n) is 3.76. The van der Waals surface area contributed by atoms with Crippen LogP contribution in [0.4, 0.5) is 5.69 Å². The molecule has 5 nitrogen and oxygen atoms in total. The molecule has 2 aromatic heterocycles. The summed E-state index contributed by atoms with van der Waals surface area (Å²) in [5.41, 5.74) is 3.23. The molecule has 0 aliphatic heterocycles. The van der Waals surface area contributed by atoms with Gasteiger partial charge in [0.2, 0.25) is 0 Å². The predicted molar refractivity (Wildman–Crippen MR) is 81.4 cm³/mol. The summed E-state index contributed by atoms with van der Waals surface area (Å²) >= 11 is 0. The minimum absolute atomic E-state index is 0.163. The van der Waals surface area contributed by atoms with Gasteiger partial charge in [-0.15, -0.1) is 0 Å². The van der Waals surface area contributed by atoms with Crippen molar-refractivity contribution in [1.82, 2.24) is 9.55 Å². The highest BCUT2D eigenvalue weighted by molar-refractivity contribution is 5.80. The number of fused-ring (bicyclic) bond motifs is 1. The van der Waals surface area contributed by atoms with Crippen molar-refractivity contribution in [2.24, 2.45) is 0 Å².